The zero-order valence-corrected chi connectivity index (χ0v) is 11.0. The van der Waals surface area contributed by atoms with E-state index in [1.54, 1.807) is 11.8 Å². The van der Waals surface area contributed by atoms with E-state index in [-0.39, 0.29) is 0 Å². The number of tetrazole rings is 1. The molecule has 17 heavy (non-hydrogen) atoms. The Kier molecular flexibility index (Phi) is 5.38. The number of nitrogens with one attached hydrogen (secondary N) is 1. The summed E-state index contributed by atoms with van der Waals surface area (Å²) in [6, 6.07) is 10.6. The third kappa shape index (κ3) is 4.79. The molecule has 0 saturated heterocycles. The van der Waals surface area contributed by atoms with Crippen molar-refractivity contribution in [3.63, 3.8) is 0 Å². The zero-order chi connectivity index (χ0) is 11.8. The van der Waals surface area contributed by atoms with Crippen molar-refractivity contribution in [3.8, 4) is 0 Å². The van der Waals surface area contributed by atoms with Crippen LogP contribution in [0.5, 0.6) is 0 Å². The minimum atomic E-state index is 0.734. The molecule has 0 aliphatic heterocycles. The molecule has 0 unspecified atom stereocenters. The lowest BCUT2D eigenvalue weighted by Gasteiger charge is -2.00. The highest BCUT2D eigenvalue weighted by Gasteiger charge is 1.98. The van der Waals surface area contributed by atoms with Crippen LogP contribution in [0.4, 0.5) is 0 Å². The predicted molar refractivity (Wildman–Crippen MR) is 72.1 cm³/mol. The van der Waals surface area contributed by atoms with Crippen molar-refractivity contribution in [2.24, 2.45) is 0 Å². The molecule has 0 radical (unpaired) electrons. The Labute approximate surface area is 109 Å². The number of benzene rings is 1. The second-order valence-corrected chi connectivity index (χ2v) is 5.60. The SMILES string of the molecule is c1ccc(CSCCCSc2nn[nH]n2)cc1. The van der Waals surface area contributed by atoms with E-state index in [1.807, 2.05) is 11.8 Å². The number of aromatic nitrogens is 4. The summed E-state index contributed by atoms with van der Waals surface area (Å²) in [5.74, 6) is 3.30. The van der Waals surface area contributed by atoms with E-state index in [1.165, 1.54) is 11.3 Å². The van der Waals surface area contributed by atoms with Gasteiger partial charge in [-0.25, -0.2) is 0 Å². The Bertz CT molecular complexity index is 405. The molecule has 1 aromatic carbocycles. The van der Waals surface area contributed by atoms with Crippen molar-refractivity contribution in [1.82, 2.24) is 20.6 Å². The smallest absolute Gasteiger partial charge is 0.176 e. The number of aromatic amines is 1. The highest BCUT2D eigenvalue weighted by atomic mass is 32.2. The molecule has 1 N–H and O–H groups in total. The molecule has 0 saturated carbocycles. The molecular weight excluding hydrogens is 252 g/mol. The first-order valence-corrected chi connectivity index (χ1v) is 7.57. The summed E-state index contributed by atoms with van der Waals surface area (Å²) in [6.07, 6.45) is 1.16. The number of thioether (sulfide) groups is 2. The van der Waals surface area contributed by atoms with Gasteiger partial charge in [0.15, 0.2) is 0 Å². The lowest BCUT2D eigenvalue weighted by Crippen LogP contribution is -1.87. The van der Waals surface area contributed by atoms with Crippen molar-refractivity contribution in [2.45, 2.75) is 17.3 Å². The summed E-state index contributed by atoms with van der Waals surface area (Å²) in [6.45, 7) is 0. The van der Waals surface area contributed by atoms with Crippen LogP contribution in [0.15, 0.2) is 35.5 Å². The van der Waals surface area contributed by atoms with Crippen LogP contribution in [0, 0.1) is 0 Å². The standard InChI is InChI=1S/C11H14N4S2/c1-2-5-10(6-3-1)9-16-7-4-8-17-11-12-14-15-13-11/h1-3,5-6H,4,7-9H2,(H,12,13,14,15). The van der Waals surface area contributed by atoms with E-state index < -0.39 is 0 Å². The molecule has 0 amide bonds. The van der Waals surface area contributed by atoms with Crippen LogP contribution < -0.4 is 0 Å². The Morgan fingerprint density at radius 2 is 2.00 bits per heavy atom. The van der Waals surface area contributed by atoms with E-state index in [0.717, 1.165) is 23.1 Å². The van der Waals surface area contributed by atoms with Crippen LogP contribution in [0.1, 0.15) is 12.0 Å². The van der Waals surface area contributed by atoms with Crippen molar-refractivity contribution >= 4 is 23.5 Å². The summed E-state index contributed by atoms with van der Waals surface area (Å²) in [4.78, 5) is 0. The highest BCUT2D eigenvalue weighted by Crippen LogP contribution is 2.16. The molecule has 1 heterocycles. The maximum Gasteiger partial charge on any atom is 0.230 e. The molecule has 0 bridgehead atoms. The van der Waals surface area contributed by atoms with Crippen LogP contribution in [0.3, 0.4) is 0 Å². The van der Waals surface area contributed by atoms with Gasteiger partial charge >= 0.3 is 0 Å². The van der Waals surface area contributed by atoms with Gasteiger partial charge in [0.1, 0.15) is 0 Å². The Balaban J connectivity index is 1.52. The van der Waals surface area contributed by atoms with Crippen LogP contribution in [0.2, 0.25) is 0 Å². The molecule has 0 atom stereocenters. The maximum atomic E-state index is 3.89. The Morgan fingerprint density at radius 1 is 1.12 bits per heavy atom. The average molecular weight is 266 g/mol. The average Bonchev–Trinajstić information content (AvgIpc) is 2.88. The molecule has 0 aliphatic rings. The normalized spacial score (nSPS) is 10.6. The van der Waals surface area contributed by atoms with Crippen molar-refractivity contribution in [2.75, 3.05) is 11.5 Å². The lowest BCUT2D eigenvalue weighted by molar-refractivity contribution is 0.881. The molecule has 0 spiro atoms. The van der Waals surface area contributed by atoms with Gasteiger partial charge in [0.25, 0.3) is 0 Å². The quantitative estimate of drug-likeness (QED) is 0.616. The van der Waals surface area contributed by atoms with Gasteiger partial charge in [0.05, 0.1) is 0 Å². The summed E-state index contributed by atoms with van der Waals surface area (Å²) in [5.41, 5.74) is 1.39. The number of rotatable bonds is 7. The second kappa shape index (κ2) is 7.34. The summed E-state index contributed by atoms with van der Waals surface area (Å²) in [5, 5.41) is 14.5. The molecule has 6 heteroatoms. The number of nitrogens with zero attached hydrogens (tertiary/aromatic N) is 3. The molecule has 0 fully saturated rings. The molecule has 0 aliphatic carbocycles. The lowest BCUT2D eigenvalue weighted by atomic mass is 10.2. The third-order valence-corrected chi connectivity index (χ3v) is 4.14. The maximum absolute atomic E-state index is 3.89. The molecule has 2 aromatic rings. The highest BCUT2D eigenvalue weighted by molar-refractivity contribution is 7.99. The Morgan fingerprint density at radius 3 is 2.76 bits per heavy atom. The van der Waals surface area contributed by atoms with E-state index in [2.05, 4.69) is 51.0 Å². The third-order valence-electron chi connectivity index (χ3n) is 2.10. The largest absolute Gasteiger partial charge is 0.230 e. The number of hydrogen-bond donors (Lipinski definition) is 1. The fourth-order valence-corrected chi connectivity index (χ4v) is 3.08. The van der Waals surface area contributed by atoms with Crippen molar-refractivity contribution < 1.29 is 0 Å². The van der Waals surface area contributed by atoms with Gasteiger partial charge in [0.2, 0.25) is 5.16 Å². The molecule has 90 valence electrons. The molecule has 4 nitrogen and oxygen atoms in total. The Hall–Kier alpha value is -1.01. The predicted octanol–water partition coefficient (Wildman–Crippen LogP) is 2.62. The van der Waals surface area contributed by atoms with E-state index >= 15 is 0 Å². The van der Waals surface area contributed by atoms with Gasteiger partial charge in [-0.15, -0.1) is 10.2 Å². The van der Waals surface area contributed by atoms with E-state index in [9.17, 15) is 0 Å². The van der Waals surface area contributed by atoms with Gasteiger partial charge in [-0.05, 0) is 23.0 Å². The van der Waals surface area contributed by atoms with E-state index in [0.29, 0.717) is 0 Å². The molecule has 2 rings (SSSR count). The van der Waals surface area contributed by atoms with Gasteiger partial charge in [-0.1, -0.05) is 42.1 Å². The van der Waals surface area contributed by atoms with Crippen LogP contribution >= 0.6 is 23.5 Å². The second-order valence-electron chi connectivity index (χ2n) is 3.43. The van der Waals surface area contributed by atoms with Gasteiger partial charge in [0, 0.05) is 11.5 Å². The minimum absolute atomic E-state index is 0.734. The molecule has 1 aromatic heterocycles. The summed E-state index contributed by atoms with van der Waals surface area (Å²) < 4.78 is 0. The fraction of sp³-hybridized carbons (Fsp3) is 0.364. The topological polar surface area (TPSA) is 54.5 Å². The monoisotopic (exact) mass is 266 g/mol. The van der Waals surface area contributed by atoms with Crippen LogP contribution in [-0.4, -0.2) is 32.1 Å². The number of hydrogen-bond acceptors (Lipinski definition) is 5. The first kappa shape index (κ1) is 12.4. The zero-order valence-electron chi connectivity index (χ0n) is 9.37. The van der Waals surface area contributed by atoms with Crippen molar-refractivity contribution in [1.29, 1.82) is 0 Å². The van der Waals surface area contributed by atoms with Gasteiger partial charge in [-0.2, -0.15) is 17.0 Å². The van der Waals surface area contributed by atoms with Gasteiger partial charge in [-0.3, -0.25) is 0 Å². The van der Waals surface area contributed by atoms with Crippen LogP contribution in [0.25, 0.3) is 0 Å². The first-order valence-electron chi connectivity index (χ1n) is 5.43. The first-order chi connectivity index (χ1) is 8.45. The summed E-state index contributed by atoms with van der Waals surface area (Å²) in [7, 11) is 0. The number of H-pyrrole nitrogens is 1. The van der Waals surface area contributed by atoms with Crippen LogP contribution in [-0.2, 0) is 5.75 Å². The minimum Gasteiger partial charge on any atom is -0.176 e. The van der Waals surface area contributed by atoms with Gasteiger partial charge < -0.3 is 0 Å². The molecular formula is C11H14N4S2. The van der Waals surface area contributed by atoms with E-state index in [4.69, 9.17) is 0 Å². The fourth-order valence-electron chi connectivity index (χ4n) is 1.30. The van der Waals surface area contributed by atoms with Crippen molar-refractivity contribution in [3.05, 3.63) is 35.9 Å². The summed E-state index contributed by atoms with van der Waals surface area (Å²) >= 11 is 3.61.